The second kappa shape index (κ2) is 8.14. The third-order valence-electron chi connectivity index (χ3n) is 1.68. The molecule has 0 amide bonds. The van der Waals surface area contributed by atoms with Gasteiger partial charge in [0, 0.05) is 5.04 Å². The van der Waals surface area contributed by atoms with E-state index in [-0.39, 0.29) is 12.1 Å². The van der Waals surface area contributed by atoms with Crippen LogP contribution in [0.15, 0.2) is 30.3 Å². The van der Waals surface area contributed by atoms with Crippen molar-refractivity contribution in [3.05, 3.63) is 35.9 Å². The topological polar surface area (TPSA) is 92.3 Å². The lowest BCUT2D eigenvalue weighted by Gasteiger charge is -2.02. The number of rotatable bonds is 7. The first-order valence-corrected chi connectivity index (χ1v) is 4.80. The van der Waals surface area contributed by atoms with Crippen LogP contribution >= 0.6 is 0 Å². The molecule has 1 rings (SSSR count). The first kappa shape index (κ1) is 14.1. The van der Waals surface area contributed by atoms with Crippen LogP contribution in [0.2, 0.25) is 0 Å². The summed E-state index contributed by atoms with van der Waals surface area (Å²) in [5.74, 6) is -1.33. The van der Waals surface area contributed by atoms with Crippen molar-refractivity contribution in [2.24, 2.45) is 0 Å². The van der Waals surface area contributed by atoms with Crippen molar-refractivity contribution in [3.8, 4) is 0 Å². The standard InChI is InChI=1S/C10H11NO7/c1-14-9(12)7-11-16-18-17-15-10(13)8-5-3-2-4-6-8/h2-6,11H,7H2,1H3. The summed E-state index contributed by atoms with van der Waals surface area (Å²) in [7, 11) is 1.21. The van der Waals surface area contributed by atoms with E-state index in [9.17, 15) is 9.59 Å². The molecule has 1 N–H and O–H groups in total. The van der Waals surface area contributed by atoms with E-state index in [1.54, 1.807) is 18.2 Å². The molecule has 98 valence electrons. The van der Waals surface area contributed by atoms with Crippen molar-refractivity contribution < 1.29 is 34.3 Å². The molecule has 0 saturated carbocycles. The van der Waals surface area contributed by atoms with Gasteiger partial charge in [-0.05, 0) is 17.2 Å². The molecule has 0 aromatic heterocycles. The van der Waals surface area contributed by atoms with E-state index >= 15 is 0 Å². The number of hydroxylamine groups is 1. The summed E-state index contributed by atoms with van der Waals surface area (Å²) in [6.07, 6.45) is 0. The van der Waals surface area contributed by atoms with E-state index in [0.717, 1.165) is 0 Å². The molecule has 0 spiro atoms. The van der Waals surface area contributed by atoms with Gasteiger partial charge in [0.15, 0.2) is 0 Å². The Labute approximate surface area is 102 Å². The fourth-order valence-electron chi connectivity index (χ4n) is 0.866. The highest BCUT2D eigenvalue weighted by Gasteiger charge is 2.08. The summed E-state index contributed by atoms with van der Waals surface area (Å²) in [6, 6.07) is 8.12. The third-order valence-corrected chi connectivity index (χ3v) is 1.68. The predicted molar refractivity (Wildman–Crippen MR) is 55.1 cm³/mol. The van der Waals surface area contributed by atoms with Gasteiger partial charge in [0.2, 0.25) is 0 Å². The molecule has 1 aromatic rings. The largest absolute Gasteiger partial charge is 0.468 e. The summed E-state index contributed by atoms with van der Waals surface area (Å²) in [5.41, 5.74) is 2.32. The lowest BCUT2D eigenvalue weighted by molar-refractivity contribution is -0.629. The average molecular weight is 257 g/mol. The quantitative estimate of drug-likeness (QED) is 0.323. The molecule has 8 nitrogen and oxygen atoms in total. The van der Waals surface area contributed by atoms with E-state index in [4.69, 9.17) is 0 Å². The van der Waals surface area contributed by atoms with E-state index in [1.165, 1.54) is 19.2 Å². The molecule has 0 heterocycles. The first-order chi connectivity index (χ1) is 8.74. The van der Waals surface area contributed by atoms with Crippen molar-refractivity contribution in [3.63, 3.8) is 0 Å². The number of benzene rings is 1. The van der Waals surface area contributed by atoms with Crippen LogP contribution in [-0.4, -0.2) is 25.6 Å². The van der Waals surface area contributed by atoms with Crippen LogP contribution in [0.25, 0.3) is 0 Å². The van der Waals surface area contributed by atoms with Crippen LogP contribution in [0, 0.1) is 0 Å². The van der Waals surface area contributed by atoms with E-state index in [1.807, 2.05) is 5.48 Å². The van der Waals surface area contributed by atoms with Gasteiger partial charge in [0.1, 0.15) is 6.54 Å². The van der Waals surface area contributed by atoms with Gasteiger partial charge in [-0.2, -0.15) is 5.48 Å². The number of hydrogen-bond acceptors (Lipinski definition) is 8. The van der Waals surface area contributed by atoms with Gasteiger partial charge < -0.3 is 4.74 Å². The molecule has 0 atom stereocenters. The van der Waals surface area contributed by atoms with E-state index in [2.05, 4.69) is 24.7 Å². The molecule has 8 heteroatoms. The van der Waals surface area contributed by atoms with Gasteiger partial charge >= 0.3 is 11.9 Å². The molecule has 1 aromatic carbocycles. The van der Waals surface area contributed by atoms with Gasteiger partial charge in [-0.3, -0.25) is 9.68 Å². The fraction of sp³-hybridized carbons (Fsp3) is 0.200. The molecular formula is C10H11NO7. The molecule has 18 heavy (non-hydrogen) atoms. The normalized spacial score (nSPS) is 9.83. The van der Waals surface area contributed by atoms with Crippen molar-refractivity contribution >= 4 is 11.9 Å². The van der Waals surface area contributed by atoms with Gasteiger partial charge in [0.05, 0.1) is 12.7 Å². The molecule has 0 aliphatic carbocycles. The van der Waals surface area contributed by atoms with Gasteiger partial charge in [-0.1, -0.05) is 18.2 Å². The molecule has 0 aliphatic rings. The monoisotopic (exact) mass is 257 g/mol. The number of carbonyl (C=O) groups excluding carboxylic acids is 2. The molecule has 0 fully saturated rings. The van der Waals surface area contributed by atoms with Gasteiger partial charge in [-0.15, -0.1) is 4.99 Å². The smallest absolute Gasteiger partial charge is 0.376 e. The number of methoxy groups -OCH3 is 1. The zero-order valence-corrected chi connectivity index (χ0v) is 9.45. The Morgan fingerprint density at radius 1 is 1.17 bits per heavy atom. The minimum Gasteiger partial charge on any atom is -0.468 e. The lowest BCUT2D eigenvalue weighted by Crippen LogP contribution is -2.24. The van der Waals surface area contributed by atoms with Gasteiger partial charge in [0.25, 0.3) is 0 Å². The highest BCUT2D eigenvalue weighted by atomic mass is 17.7. The molecule has 0 radical (unpaired) electrons. The number of carbonyl (C=O) groups is 2. The Morgan fingerprint density at radius 3 is 2.56 bits per heavy atom. The Kier molecular flexibility index (Phi) is 6.36. The minimum absolute atomic E-state index is 0.257. The molecule has 0 bridgehead atoms. The molecular weight excluding hydrogens is 246 g/mol. The Balaban J connectivity index is 2.08. The maximum Gasteiger partial charge on any atom is 0.376 e. The summed E-state index contributed by atoms with van der Waals surface area (Å²) < 4.78 is 4.29. The van der Waals surface area contributed by atoms with Crippen LogP contribution < -0.4 is 5.48 Å². The van der Waals surface area contributed by atoms with Crippen molar-refractivity contribution in [2.75, 3.05) is 13.7 Å². The average Bonchev–Trinajstić information content (AvgIpc) is 2.43. The number of nitrogens with one attached hydrogen (secondary N) is 1. The molecule has 0 saturated heterocycles. The van der Waals surface area contributed by atoms with E-state index < -0.39 is 11.9 Å². The van der Waals surface area contributed by atoms with E-state index in [0.29, 0.717) is 0 Å². The van der Waals surface area contributed by atoms with Crippen LogP contribution in [0.3, 0.4) is 0 Å². The summed E-state index contributed by atoms with van der Waals surface area (Å²) in [6.45, 7) is -0.257. The second-order valence-corrected chi connectivity index (χ2v) is 2.85. The van der Waals surface area contributed by atoms with Crippen molar-refractivity contribution in [1.29, 1.82) is 0 Å². The molecule has 0 unspecified atom stereocenters. The Bertz CT molecular complexity index is 381. The van der Waals surface area contributed by atoms with Crippen LogP contribution in [0.1, 0.15) is 10.4 Å². The lowest BCUT2D eigenvalue weighted by atomic mass is 10.2. The van der Waals surface area contributed by atoms with Crippen molar-refractivity contribution in [2.45, 2.75) is 0 Å². The van der Waals surface area contributed by atoms with Crippen LogP contribution in [-0.2, 0) is 29.5 Å². The van der Waals surface area contributed by atoms with Crippen LogP contribution in [0.4, 0.5) is 0 Å². The summed E-state index contributed by atoms with van der Waals surface area (Å²) in [4.78, 5) is 30.2. The van der Waals surface area contributed by atoms with Crippen molar-refractivity contribution in [1.82, 2.24) is 5.48 Å². The van der Waals surface area contributed by atoms with Gasteiger partial charge in [-0.25, -0.2) is 4.79 Å². The Morgan fingerprint density at radius 2 is 1.89 bits per heavy atom. The second-order valence-electron chi connectivity index (χ2n) is 2.85. The zero-order valence-electron chi connectivity index (χ0n) is 9.45. The maximum absolute atomic E-state index is 11.3. The number of hydrogen-bond donors (Lipinski definition) is 1. The SMILES string of the molecule is COC(=O)CNOOOOC(=O)c1ccccc1. The predicted octanol–water partition coefficient (Wildman–Crippen LogP) is 0.316. The third kappa shape index (κ3) is 5.37. The summed E-state index contributed by atoms with van der Waals surface area (Å²) in [5, 5.41) is 7.94. The minimum atomic E-state index is -0.757. The van der Waals surface area contributed by atoms with Crippen LogP contribution in [0.5, 0.6) is 0 Å². The zero-order chi connectivity index (χ0) is 13.2. The number of ether oxygens (including phenoxy) is 1. The molecule has 0 aliphatic heterocycles. The fourth-order valence-corrected chi connectivity index (χ4v) is 0.866. The highest BCUT2D eigenvalue weighted by Crippen LogP contribution is 2.01. The highest BCUT2D eigenvalue weighted by molar-refractivity contribution is 5.88. The number of esters is 1. The maximum atomic E-state index is 11.3. The summed E-state index contributed by atoms with van der Waals surface area (Å²) >= 11 is 0. The Hall–Kier alpha value is -2.00. The first-order valence-electron chi connectivity index (χ1n) is 4.80.